The average molecular weight is 346 g/mol. The highest BCUT2D eigenvalue weighted by atomic mass is 19.1. The van der Waals surface area contributed by atoms with Crippen molar-refractivity contribution in [3.63, 3.8) is 0 Å². The molecule has 2 amide bonds. The lowest BCUT2D eigenvalue weighted by Gasteiger charge is -2.12. The minimum Gasteiger partial charge on any atom is -0.494 e. The van der Waals surface area contributed by atoms with E-state index in [2.05, 4.69) is 10.6 Å². The van der Waals surface area contributed by atoms with Crippen molar-refractivity contribution < 1.29 is 19.0 Å². The Morgan fingerprint density at radius 1 is 1.16 bits per heavy atom. The molecule has 0 aliphatic heterocycles. The fourth-order valence-corrected chi connectivity index (χ4v) is 2.41. The van der Waals surface area contributed by atoms with Gasteiger partial charge in [-0.2, -0.15) is 0 Å². The van der Waals surface area contributed by atoms with E-state index in [1.54, 1.807) is 12.1 Å². The lowest BCUT2D eigenvalue weighted by molar-refractivity contribution is 0.167. The third-order valence-electron chi connectivity index (χ3n) is 3.80. The van der Waals surface area contributed by atoms with E-state index < -0.39 is 11.9 Å². The Morgan fingerprint density at radius 3 is 2.60 bits per heavy atom. The first kappa shape index (κ1) is 18.7. The summed E-state index contributed by atoms with van der Waals surface area (Å²) in [6.07, 6.45) is 0.400. The van der Waals surface area contributed by atoms with Gasteiger partial charge in [-0.1, -0.05) is 36.4 Å². The first-order chi connectivity index (χ1) is 12.1. The molecule has 0 bridgehead atoms. The second kappa shape index (κ2) is 9.64. The lowest BCUT2D eigenvalue weighted by atomic mass is 10.1. The molecule has 134 valence electrons. The van der Waals surface area contributed by atoms with E-state index in [1.165, 1.54) is 13.2 Å². The van der Waals surface area contributed by atoms with E-state index in [-0.39, 0.29) is 11.8 Å². The van der Waals surface area contributed by atoms with E-state index in [0.29, 0.717) is 25.9 Å². The minimum atomic E-state index is -0.604. The molecular formula is C19H23FN2O3. The van der Waals surface area contributed by atoms with Gasteiger partial charge in [-0.15, -0.1) is 0 Å². The number of urea groups is 1. The Kier molecular flexibility index (Phi) is 7.22. The number of nitrogens with one attached hydrogen (secondary N) is 2. The highest BCUT2D eigenvalue weighted by molar-refractivity contribution is 5.73. The molecule has 25 heavy (non-hydrogen) atoms. The van der Waals surface area contributed by atoms with Crippen LogP contribution in [0.4, 0.5) is 9.18 Å². The zero-order valence-electron chi connectivity index (χ0n) is 14.2. The number of halogens is 1. The Morgan fingerprint density at radius 2 is 1.88 bits per heavy atom. The Labute approximate surface area is 146 Å². The van der Waals surface area contributed by atoms with Crippen molar-refractivity contribution in [2.75, 3.05) is 20.2 Å². The molecule has 0 aliphatic carbocycles. The van der Waals surface area contributed by atoms with Crippen LogP contribution in [0.15, 0.2) is 48.5 Å². The SMILES string of the molecule is COc1cc(CCNC(=O)NCCC(O)c2ccccc2)ccc1F. The molecule has 2 aromatic rings. The molecule has 0 saturated carbocycles. The van der Waals surface area contributed by atoms with Crippen LogP contribution in [0, 0.1) is 5.82 Å². The third kappa shape index (κ3) is 6.08. The van der Waals surface area contributed by atoms with Gasteiger partial charge in [0.1, 0.15) is 0 Å². The number of benzene rings is 2. The topological polar surface area (TPSA) is 70.6 Å². The number of methoxy groups -OCH3 is 1. The molecular weight excluding hydrogens is 323 g/mol. The van der Waals surface area contributed by atoms with Gasteiger partial charge in [-0.05, 0) is 36.1 Å². The summed E-state index contributed by atoms with van der Waals surface area (Å²) >= 11 is 0. The maximum Gasteiger partial charge on any atom is 0.314 e. The molecule has 0 heterocycles. The van der Waals surface area contributed by atoms with Crippen LogP contribution in [0.5, 0.6) is 5.75 Å². The molecule has 6 heteroatoms. The van der Waals surface area contributed by atoms with Gasteiger partial charge in [-0.25, -0.2) is 9.18 Å². The van der Waals surface area contributed by atoms with Crippen molar-refractivity contribution >= 4 is 6.03 Å². The number of hydrogen-bond acceptors (Lipinski definition) is 3. The normalized spacial score (nSPS) is 11.6. The minimum absolute atomic E-state index is 0.192. The average Bonchev–Trinajstić information content (AvgIpc) is 2.63. The van der Waals surface area contributed by atoms with E-state index in [4.69, 9.17) is 4.74 Å². The van der Waals surface area contributed by atoms with Crippen LogP contribution in [0.2, 0.25) is 0 Å². The van der Waals surface area contributed by atoms with Gasteiger partial charge in [-0.3, -0.25) is 0 Å². The van der Waals surface area contributed by atoms with Crippen LogP contribution in [-0.2, 0) is 6.42 Å². The largest absolute Gasteiger partial charge is 0.494 e. The predicted molar refractivity (Wildman–Crippen MR) is 94.1 cm³/mol. The summed E-state index contributed by atoms with van der Waals surface area (Å²) in [5.41, 5.74) is 1.70. The Balaban J connectivity index is 1.66. The van der Waals surface area contributed by atoms with Gasteiger partial charge in [0.2, 0.25) is 0 Å². The van der Waals surface area contributed by atoms with Gasteiger partial charge in [0.15, 0.2) is 11.6 Å². The summed E-state index contributed by atoms with van der Waals surface area (Å²) in [6, 6.07) is 13.6. The van der Waals surface area contributed by atoms with Crippen LogP contribution in [0.3, 0.4) is 0 Å². The van der Waals surface area contributed by atoms with Crippen LogP contribution < -0.4 is 15.4 Å². The van der Waals surface area contributed by atoms with Crippen molar-refractivity contribution in [2.24, 2.45) is 0 Å². The van der Waals surface area contributed by atoms with Crippen molar-refractivity contribution in [3.05, 3.63) is 65.5 Å². The number of carbonyl (C=O) groups excluding carboxylic acids is 1. The lowest BCUT2D eigenvalue weighted by Crippen LogP contribution is -2.37. The van der Waals surface area contributed by atoms with Crippen molar-refractivity contribution in [2.45, 2.75) is 18.9 Å². The monoisotopic (exact) mass is 346 g/mol. The molecule has 1 unspecified atom stereocenters. The Bertz CT molecular complexity index is 680. The van der Waals surface area contributed by atoms with Gasteiger partial charge >= 0.3 is 6.03 Å². The molecule has 3 N–H and O–H groups in total. The predicted octanol–water partition coefficient (Wildman–Crippen LogP) is 2.80. The maximum absolute atomic E-state index is 13.3. The number of ether oxygens (including phenoxy) is 1. The molecule has 2 aromatic carbocycles. The number of aliphatic hydroxyl groups is 1. The molecule has 0 saturated heterocycles. The summed E-state index contributed by atoms with van der Waals surface area (Å²) in [5, 5.41) is 15.5. The number of rotatable bonds is 8. The quantitative estimate of drug-likeness (QED) is 0.688. The standard InChI is InChI=1S/C19H23FN2O3/c1-25-18-13-14(7-8-16(18)20)9-11-21-19(24)22-12-10-17(23)15-5-3-2-4-6-15/h2-8,13,17,23H,9-12H2,1H3,(H2,21,22,24). The smallest absolute Gasteiger partial charge is 0.314 e. The van der Waals surface area contributed by atoms with Crippen molar-refractivity contribution in [1.82, 2.24) is 10.6 Å². The summed E-state index contributed by atoms with van der Waals surface area (Å²) in [7, 11) is 1.41. The molecule has 0 aliphatic rings. The van der Waals surface area contributed by atoms with Gasteiger partial charge in [0.25, 0.3) is 0 Å². The van der Waals surface area contributed by atoms with Gasteiger partial charge in [0.05, 0.1) is 13.2 Å². The first-order valence-corrected chi connectivity index (χ1v) is 8.17. The zero-order valence-corrected chi connectivity index (χ0v) is 14.2. The Hall–Kier alpha value is -2.60. The van der Waals surface area contributed by atoms with E-state index in [0.717, 1.165) is 11.1 Å². The molecule has 1 atom stereocenters. The highest BCUT2D eigenvalue weighted by Crippen LogP contribution is 2.18. The number of carbonyl (C=O) groups is 1. The summed E-state index contributed by atoms with van der Waals surface area (Å²) in [4.78, 5) is 11.7. The molecule has 0 aromatic heterocycles. The first-order valence-electron chi connectivity index (χ1n) is 8.17. The number of hydrogen-bond donors (Lipinski definition) is 3. The van der Waals surface area contributed by atoms with Gasteiger partial charge in [0, 0.05) is 13.1 Å². The van der Waals surface area contributed by atoms with Crippen LogP contribution in [0.25, 0.3) is 0 Å². The molecule has 0 spiro atoms. The summed E-state index contributed by atoms with van der Waals surface area (Å²) < 4.78 is 18.2. The number of aliphatic hydroxyl groups excluding tert-OH is 1. The molecule has 2 rings (SSSR count). The zero-order chi connectivity index (χ0) is 18.1. The molecule has 0 fully saturated rings. The highest BCUT2D eigenvalue weighted by Gasteiger charge is 2.08. The van der Waals surface area contributed by atoms with E-state index >= 15 is 0 Å². The summed E-state index contributed by atoms with van der Waals surface area (Å²) in [5.74, 6) is -0.217. The van der Waals surface area contributed by atoms with E-state index in [9.17, 15) is 14.3 Å². The van der Waals surface area contributed by atoms with Crippen molar-refractivity contribution in [1.29, 1.82) is 0 Å². The number of amides is 2. The van der Waals surface area contributed by atoms with Crippen molar-refractivity contribution in [3.8, 4) is 5.75 Å². The van der Waals surface area contributed by atoms with Gasteiger partial charge < -0.3 is 20.5 Å². The molecule has 0 radical (unpaired) electrons. The van der Waals surface area contributed by atoms with Crippen LogP contribution >= 0.6 is 0 Å². The third-order valence-corrected chi connectivity index (χ3v) is 3.80. The summed E-state index contributed by atoms with van der Waals surface area (Å²) in [6.45, 7) is 0.786. The van der Waals surface area contributed by atoms with E-state index in [1.807, 2.05) is 30.3 Å². The van der Waals surface area contributed by atoms with Crippen LogP contribution in [0.1, 0.15) is 23.7 Å². The fraction of sp³-hybridized carbons (Fsp3) is 0.316. The molecule has 5 nitrogen and oxygen atoms in total. The maximum atomic E-state index is 13.3. The second-order valence-electron chi connectivity index (χ2n) is 5.62. The second-order valence-corrected chi connectivity index (χ2v) is 5.62. The van der Waals surface area contributed by atoms with Crippen LogP contribution in [-0.4, -0.2) is 31.3 Å². The fourth-order valence-electron chi connectivity index (χ4n) is 2.41.